The van der Waals surface area contributed by atoms with Crippen molar-refractivity contribution in [3.8, 4) is 0 Å². The first-order chi connectivity index (χ1) is 10.2. The average molecular weight is 304 g/mol. The van der Waals surface area contributed by atoms with Crippen LogP contribution in [-0.2, 0) is 4.79 Å². The van der Waals surface area contributed by atoms with E-state index >= 15 is 0 Å². The first-order valence-electron chi connectivity index (χ1n) is 7.62. The predicted molar refractivity (Wildman–Crippen MR) is 85.7 cm³/mol. The van der Waals surface area contributed by atoms with Crippen LogP contribution >= 0.6 is 0 Å². The molecular formula is C17H24N2O3. The fourth-order valence-electron chi connectivity index (χ4n) is 2.17. The molecule has 1 aromatic carbocycles. The minimum absolute atomic E-state index is 0.103. The van der Waals surface area contributed by atoms with Crippen molar-refractivity contribution in [2.24, 2.45) is 5.41 Å². The molecule has 0 radical (unpaired) electrons. The number of hydrogen-bond acceptors (Lipinski definition) is 3. The number of carbonyl (C=O) groups excluding carboxylic acids is 2. The summed E-state index contributed by atoms with van der Waals surface area (Å²) in [6.45, 7) is 5.76. The van der Waals surface area contributed by atoms with Crippen molar-refractivity contribution < 1.29 is 14.7 Å². The second-order valence-electron chi connectivity index (χ2n) is 7.05. The first kappa shape index (κ1) is 16.5. The number of amides is 2. The summed E-state index contributed by atoms with van der Waals surface area (Å²) in [5.41, 5.74) is -0.177. The monoisotopic (exact) mass is 304 g/mol. The molecule has 0 aliphatic heterocycles. The zero-order chi connectivity index (χ0) is 16.4. The Morgan fingerprint density at radius 2 is 1.95 bits per heavy atom. The number of nitrogens with one attached hydrogen (secondary N) is 2. The Morgan fingerprint density at radius 1 is 1.27 bits per heavy atom. The Hall–Kier alpha value is -1.88. The van der Waals surface area contributed by atoms with Crippen molar-refractivity contribution in [3.63, 3.8) is 0 Å². The summed E-state index contributed by atoms with van der Waals surface area (Å²) in [4.78, 5) is 24.1. The molecule has 1 fully saturated rings. The summed E-state index contributed by atoms with van der Waals surface area (Å²) in [5, 5.41) is 15.6. The van der Waals surface area contributed by atoms with E-state index in [4.69, 9.17) is 0 Å². The molecule has 0 unspecified atom stereocenters. The van der Waals surface area contributed by atoms with Crippen LogP contribution in [0.3, 0.4) is 0 Å². The molecule has 0 atom stereocenters. The third kappa shape index (κ3) is 4.07. The summed E-state index contributed by atoms with van der Waals surface area (Å²) in [6, 6.07) is 6.81. The van der Waals surface area contributed by atoms with Gasteiger partial charge in [0.1, 0.15) is 0 Å². The smallest absolute Gasteiger partial charge is 0.251 e. The highest BCUT2D eigenvalue weighted by atomic mass is 16.3. The van der Waals surface area contributed by atoms with Crippen LogP contribution in [0.1, 0.15) is 50.4 Å². The Morgan fingerprint density at radius 3 is 2.50 bits per heavy atom. The van der Waals surface area contributed by atoms with Gasteiger partial charge in [-0.1, -0.05) is 26.8 Å². The van der Waals surface area contributed by atoms with Gasteiger partial charge in [-0.25, -0.2) is 0 Å². The highest BCUT2D eigenvalue weighted by molar-refractivity contribution is 5.98. The lowest BCUT2D eigenvalue weighted by molar-refractivity contribution is -0.123. The van der Waals surface area contributed by atoms with E-state index in [1.807, 2.05) is 20.8 Å². The van der Waals surface area contributed by atoms with Crippen LogP contribution < -0.4 is 10.6 Å². The third-order valence-corrected chi connectivity index (χ3v) is 3.93. The number of carbonyl (C=O) groups is 2. The fraction of sp³-hybridized carbons (Fsp3) is 0.529. The van der Waals surface area contributed by atoms with E-state index in [0.29, 0.717) is 11.3 Å². The highest BCUT2D eigenvalue weighted by Gasteiger charge is 2.34. The van der Waals surface area contributed by atoms with E-state index < -0.39 is 11.0 Å². The zero-order valence-electron chi connectivity index (χ0n) is 13.4. The van der Waals surface area contributed by atoms with Gasteiger partial charge in [-0.15, -0.1) is 0 Å². The maximum absolute atomic E-state index is 12.1. The Balaban J connectivity index is 1.98. The Labute approximate surface area is 131 Å². The van der Waals surface area contributed by atoms with Crippen molar-refractivity contribution in [3.05, 3.63) is 29.8 Å². The third-order valence-electron chi connectivity index (χ3n) is 3.93. The van der Waals surface area contributed by atoms with E-state index in [2.05, 4.69) is 10.6 Å². The number of benzene rings is 1. The summed E-state index contributed by atoms with van der Waals surface area (Å²) in [6.07, 6.45) is 2.46. The number of anilines is 1. The van der Waals surface area contributed by atoms with Crippen LogP contribution in [-0.4, -0.2) is 29.1 Å². The number of aliphatic hydroxyl groups is 1. The molecule has 0 heterocycles. The predicted octanol–water partition coefficient (Wildman–Crippen LogP) is 2.32. The molecule has 5 nitrogen and oxygen atoms in total. The summed E-state index contributed by atoms with van der Waals surface area (Å²) in [7, 11) is 0. The van der Waals surface area contributed by atoms with Crippen LogP contribution in [0.2, 0.25) is 0 Å². The van der Waals surface area contributed by atoms with E-state index in [-0.39, 0.29) is 18.4 Å². The molecule has 1 aromatic rings. The lowest BCUT2D eigenvalue weighted by Crippen LogP contribution is -2.47. The second-order valence-corrected chi connectivity index (χ2v) is 7.05. The topological polar surface area (TPSA) is 78.4 Å². The molecule has 1 aliphatic rings. The maximum atomic E-state index is 12.1. The first-order valence-corrected chi connectivity index (χ1v) is 7.62. The van der Waals surface area contributed by atoms with Gasteiger partial charge in [0, 0.05) is 23.2 Å². The van der Waals surface area contributed by atoms with Gasteiger partial charge in [0.05, 0.1) is 5.60 Å². The normalized spacial score (nSPS) is 16.5. The van der Waals surface area contributed by atoms with Crippen molar-refractivity contribution >= 4 is 17.5 Å². The van der Waals surface area contributed by atoms with E-state index in [1.165, 1.54) is 0 Å². The Kier molecular flexibility index (Phi) is 4.56. The minimum atomic E-state index is -0.742. The standard InChI is InChI=1S/C17H24N2O3/c1-16(2,3)15(21)19-13-7-4-6-12(10-13)14(20)18-11-17(22)8-5-9-17/h4,6-7,10,22H,5,8-9,11H2,1-3H3,(H,18,20)(H,19,21). The van der Waals surface area contributed by atoms with Crippen molar-refractivity contribution in [2.75, 3.05) is 11.9 Å². The maximum Gasteiger partial charge on any atom is 0.251 e. The van der Waals surface area contributed by atoms with Gasteiger partial charge in [-0.05, 0) is 37.5 Å². The molecule has 22 heavy (non-hydrogen) atoms. The molecule has 0 bridgehead atoms. The van der Waals surface area contributed by atoms with Gasteiger partial charge in [0.2, 0.25) is 5.91 Å². The van der Waals surface area contributed by atoms with Crippen LogP contribution in [0.25, 0.3) is 0 Å². The molecule has 2 rings (SSSR count). The Bertz CT molecular complexity index is 572. The van der Waals surface area contributed by atoms with Crippen LogP contribution in [0.4, 0.5) is 5.69 Å². The lowest BCUT2D eigenvalue weighted by Gasteiger charge is -2.36. The molecule has 0 aromatic heterocycles. The van der Waals surface area contributed by atoms with E-state index in [1.54, 1.807) is 24.3 Å². The zero-order valence-corrected chi connectivity index (χ0v) is 13.4. The van der Waals surface area contributed by atoms with Crippen LogP contribution in [0, 0.1) is 5.41 Å². The molecule has 1 saturated carbocycles. The molecule has 3 N–H and O–H groups in total. The van der Waals surface area contributed by atoms with Gasteiger partial charge in [0.15, 0.2) is 0 Å². The molecule has 5 heteroatoms. The van der Waals surface area contributed by atoms with Crippen LogP contribution in [0.5, 0.6) is 0 Å². The second kappa shape index (κ2) is 6.08. The van der Waals surface area contributed by atoms with Crippen LogP contribution in [0.15, 0.2) is 24.3 Å². The average Bonchev–Trinajstić information content (AvgIpc) is 2.42. The van der Waals surface area contributed by atoms with E-state index in [9.17, 15) is 14.7 Å². The fourth-order valence-corrected chi connectivity index (χ4v) is 2.17. The lowest BCUT2D eigenvalue weighted by atomic mass is 9.80. The molecule has 0 saturated heterocycles. The van der Waals surface area contributed by atoms with Gasteiger partial charge in [-0.3, -0.25) is 9.59 Å². The quantitative estimate of drug-likeness (QED) is 0.799. The molecule has 0 spiro atoms. The van der Waals surface area contributed by atoms with Crippen molar-refractivity contribution in [1.82, 2.24) is 5.32 Å². The molecular weight excluding hydrogens is 280 g/mol. The largest absolute Gasteiger partial charge is 0.388 e. The van der Waals surface area contributed by atoms with E-state index in [0.717, 1.165) is 19.3 Å². The number of rotatable bonds is 4. The summed E-state index contributed by atoms with van der Waals surface area (Å²) < 4.78 is 0. The van der Waals surface area contributed by atoms with Crippen molar-refractivity contribution in [2.45, 2.75) is 45.6 Å². The molecule has 120 valence electrons. The van der Waals surface area contributed by atoms with Gasteiger partial charge < -0.3 is 15.7 Å². The minimum Gasteiger partial charge on any atom is -0.388 e. The van der Waals surface area contributed by atoms with Gasteiger partial charge in [0.25, 0.3) is 5.91 Å². The van der Waals surface area contributed by atoms with Gasteiger partial charge in [-0.2, -0.15) is 0 Å². The summed E-state index contributed by atoms with van der Waals surface area (Å²) >= 11 is 0. The highest BCUT2D eigenvalue weighted by Crippen LogP contribution is 2.30. The van der Waals surface area contributed by atoms with Crippen molar-refractivity contribution in [1.29, 1.82) is 0 Å². The SMILES string of the molecule is CC(C)(C)C(=O)Nc1cccc(C(=O)NCC2(O)CCC2)c1. The van der Waals surface area contributed by atoms with Gasteiger partial charge >= 0.3 is 0 Å². The molecule has 1 aliphatic carbocycles. The molecule has 2 amide bonds. The summed E-state index contributed by atoms with van der Waals surface area (Å²) in [5.74, 6) is -0.346. The number of hydrogen-bond donors (Lipinski definition) is 3.